The first-order valence-corrected chi connectivity index (χ1v) is 6.06. The van der Waals surface area contributed by atoms with E-state index in [2.05, 4.69) is 5.32 Å². The number of fused-ring (bicyclic) bond motifs is 1. The van der Waals surface area contributed by atoms with Crippen LogP contribution in [0.25, 0.3) is 0 Å². The average Bonchev–Trinajstić information content (AvgIpc) is 2.35. The monoisotopic (exact) mass is 250 g/mol. The van der Waals surface area contributed by atoms with Crippen molar-refractivity contribution in [2.75, 3.05) is 13.2 Å². The van der Waals surface area contributed by atoms with Crippen LogP contribution in [0.1, 0.15) is 18.9 Å². The molecule has 1 amide bonds. The van der Waals surface area contributed by atoms with E-state index < -0.39 is 0 Å². The number of rotatable bonds is 5. The molecule has 0 aliphatic carbocycles. The van der Waals surface area contributed by atoms with Crippen LogP contribution in [-0.4, -0.2) is 25.2 Å². The molecule has 0 spiro atoms. The summed E-state index contributed by atoms with van der Waals surface area (Å²) in [7, 11) is 0. The van der Waals surface area contributed by atoms with Crippen LogP contribution in [0, 0.1) is 0 Å². The molecule has 1 atom stereocenters. The third-order valence-corrected chi connectivity index (χ3v) is 2.80. The van der Waals surface area contributed by atoms with E-state index in [-0.39, 0.29) is 11.9 Å². The van der Waals surface area contributed by atoms with Gasteiger partial charge in [0.1, 0.15) is 13.2 Å². The van der Waals surface area contributed by atoms with Crippen LogP contribution in [-0.2, 0) is 11.3 Å². The van der Waals surface area contributed by atoms with Gasteiger partial charge in [-0.3, -0.25) is 4.79 Å². The molecular formula is C13H18N2O3. The van der Waals surface area contributed by atoms with Gasteiger partial charge in [0.25, 0.3) is 0 Å². The SMILES string of the molecule is CC(CC(N)=O)NCc1cccc2c1OCCO2. The Balaban J connectivity index is 1.99. The second kappa shape index (κ2) is 5.73. The maximum Gasteiger partial charge on any atom is 0.218 e. The minimum Gasteiger partial charge on any atom is -0.486 e. The molecule has 3 N–H and O–H groups in total. The molecule has 0 radical (unpaired) electrons. The number of para-hydroxylation sites is 1. The number of hydrogen-bond donors (Lipinski definition) is 2. The molecule has 0 saturated heterocycles. The molecule has 5 nitrogen and oxygen atoms in total. The molecule has 0 bridgehead atoms. The predicted octanol–water partition coefficient (Wildman–Crippen LogP) is 0.811. The van der Waals surface area contributed by atoms with Gasteiger partial charge in [0.05, 0.1) is 0 Å². The zero-order chi connectivity index (χ0) is 13.0. The molecule has 98 valence electrons. The minimum absolute atomic E-state index is 0.0443. The van der Waals surface area contributed by atoms with Crippen molar-refractivity contribution >= 4 is 5.91 Å². The lowest BCUT2D eigenvalue weighted by atomic mass is 10.1. The van der Waals surface area contributed by atoms with Crippen LogP contribution in [0.3, 0.4) is 0 Å². The number of nitrogens with two attached hydrogens (primary N) is 1. The molecule has 0 fully saturated rings. The molecule has 1 heterocycles. The fourth-order valence-electron chi connectivity index (χ4n) is 1.93. The summed E-state index contributed by atoms with van der Waals surface area (Å²) in [6, 6.07) is 5.86. The van der Waals surface area contributed by atoms with Crippen LogP contribution in [0.15, 0.2) is 18.2 Å². The topological polar surface area (TPSA) is 73.6 Å². The van der Waals surface area contributed by atoms with Gasteiger partial charge in [-0.15, -0.1) is 0 Å². The Morgan fingerprint density at radius 2 is 2.22 bits per heavy atom. The van der Waals surface area contributed by atoms with Crippen molar-refractivity contribution in [3.63, 3.8) is 0 Å². The Morgan fingerprint density at radius 3 is 3.00 bits per heavy atom. The van der Waals surface area contributed by atoms with Crippen molar-refractivity contribution in [3.8, 4) is 11.5 Å². The van der Waals surface area contributed by atoms with Gasteiger partial charge < -0.3 is 20.5 Å². The summed E-state index contributed by atoms with van der Waals surface area (Å²) >= 11 is 0. The molecule has 0 saturated carbocycles. The first-order valence-electron chi connectivity index (χ1n) is 6.06. The fraction of sp³-hybridized carbons (Fsp3) is 0.462. The highest BCUT2D eigenvalue weighted by Crippen LogP contribution is 2.33. The number of carbonyl (C=O) groups is 1. The van der Waals surface area contributed by atoms with E-state index in [9.17, 15) is 4.79 Å². The van der Waals surface area contributed by atoms with Crippen molar-refractivity contribution < 1.29 is 14.3 Å². The number of benzene rings is 1. The summed E-state index contributed by atoms with van der Waals surface area (Å²) in [4.78, 5) is 10.8. The van der Waals surface area contributed by atoms with Gasteiger partial charge in [-0.05, 0) is 13.0 Å². The first kappa shape index (κ1) is 12.7. The zero-order valence-electron chi connectivity index (χ0n) is 10.4. The second-order valence-electron chi connectivity index (χ2n) is 4.39. The van der Waals surface area contributed by atoms with Gasteiger partial charge in [0.15, 0.2) is 11.5 Å². The largest absolute Gasteiger partial charge is 0.486 e. The molecule has 1 aromatic rings. The van der Waals surface area contributed by atoms with Gasteiger partial charge in [0, 0.05) is 24.6 Å². The lowest BCUT2D eigenvalue weighted by Crippen LogP contribution is -2.30. The lowest BCUT2D eigenvalue weighted by Gasteiger charge is -2.21. The van der Waals surface area contributed by atoms with Crippen LogP contribution in [0.5, 0.6) is 11.5 Å². The van der Waals surface area contributed by atoms with E-state index in [0.29, 0.717) is 26.2 Å². The highest BCUT2D eigenvalue weighted by molar-refractivity contribution is 5.74. The maximum absolute atomic E-state index is 10.8. The second-order valence-corrected chi connectivity index (χ2v) is 4.39. The molecule has 0 aromatic heterocycles. The van der Waals surface area contributed by atoms with E-state index >= 15 is 0 Å². The van der Waals surface area contributed by atoms with E-state index in [0.717, 1.165) is 17.1 Å². The summed E-state index contributed by atoms with van der Waals surface area (Å²) < 4.78 is 11.1. The molecule has 1 aliphatic heterocycles. The minimum atomic E-state index is -0.301. The van der Waals surface area contributed by atoms with Gasteiger partial charge in [-0.25, -0.2) is 0 Å². The highest BCUT2D eigenvalue weighted by atomic mass is 16.6. The van der Waals surface area contributed by atoms with Gasteiger partial charge in [-0.1, -0.05) is 12.1 Å². The molecule has 1 aromatic carbocycles. The number of ether oxygens (including phenoxy) is 2. The number of hydrogen-bond acceptors (Lipinski definition) is 4. The van der Waals surface area contributed by atoms with E-state index in [1.54, 1.807) is 0 Å². The van der Waals surface area contributed by atoms with Crippen molar-refractivity contribution in [3.05, 3.63) is 23.8 Å². The molecule has 1 unspecified atom stereocenters. The predicted molar refractivity (Wildman–Crippen MR) is 67.5 cm³/mol. The number of carbonyl (C=O) groups excluding carboxylic acids is 1. The average molecular weight is 250 g/mol. The third kappa shape index (κ3) is 3.13. The van der Waals surface area contributed by atoms with E-state index in [1.807, 2.05) is 25.1 Å². The highest BCUT2D eigenvalue weighted by Gasteiger charge is 2.15. The summed E-state index contributed by atoms with van der Waals surface area (Å²) in [5, 5.41) is 3.24. The maximum atomic E-state index is 10.8. The summed E-state index contributed by atoms with van der Waals surface area (Å²) in [6.45, 7) is 3.71. The Bertz CT molecular complexity index is 434. The number of nitrogens with one attached hydrogen (secondary N) is 1. The Hall–Kier alpha value is -1.75. The normalized spacial score (nSPS) is 15.2. The summed E-state index contributed by atoms with van der Waals surface area (Å²) in [6.07, 6.45) is 0.326. The van der Waals surface area contributed by atoms with Crippen molar-refractivity contribution in [1.29, 1.82) is 0 Å². The smallest absolute Gasteiger partial charge is 0.218 e. The van der Waals surface area contributed by atoms with Crippen LogP contribution in [0.2, 0.25) is 0 Å². The Morgan fingerprint density at radius 1 is 1.44 bits per heavy atom. The lowest BCUT2D eigenvalue weighted by molar-refractivity contribution is -0.118. The van der Waals surface area contributed by atoms with Gasteiger partial charge in [-0.2, -0.15) is 0 Å². The number of amides is 1. The van der Waals surface area contributed by atoms with Gasteiger partial charge >= 0.3 is 0 Å². The quantitative estimate of drug-likeness (QED) is 0.811. The fourth-order valence-corrected chi connectivity index (χ4v) is 1.93. The standard InChI is InChI=1S/C13H18N2O3/c1-9(7-12(14)16)15-8-10-3-2-4-11-13(10)18-6-5-17-11/h2-4,9,15H,5-8H2,1H3,(H2,14,16). The molecule has 1 aliphatic rings. The third-order valence-electron chi connectivity index (χ3n) is 2.80. The van der Waals surface area contributed by atoms with Crippen LogP contribution < -0.4 is 20.5 Å². The van der Waals surface area contributed by atoms with Crippen molar-refractivity contribution in [2.45, 2.75) is 25.9 Å². The summed E-state index contributed by atoms with van der Waals surface area (Å²) in [5.41, 5.74) is 6.18. The zero-order valence-corrected chi connectivity index (χ0v) is 10.4. The van der Waals surface area contributed by atoms with E-state index in [4.69, 9.17) is 15.2 Å². The number of primary amides is 1. The van der Waals surface area contributed by atoms with Crippen molar-refractivity contribution in [1.82, 2.24) is 5.32 Å². The Kier molecular flexibility index (Phi) is 4.04. The first-order chi connectivity index (χ1) is 8.66. The Labute approximate surface area is 106 Å². The molecule has 18 heavy (non-hydrogen) atoms. The van der Waals surface area contributed by atoms with Gasteiger partial charge in [0.2, 0.25) is 5.91 Å². The van der Waals surface area contributed by atoms with Crippen LogP contribution >= 0.6 is 0 Å². The molecular weight excluding hydrogens is 232 g/mol. The summed E-state index contributed by atoms with van der Waals surface area (Å²) in [5.74, 6) is 1.27. The van der Waals surface area contributed by atoms with Crippen LogP contribution in [0.4, 0.5) is 0 Å². The molecule has 5 heteroatoms. The van der Waals surface area contributed by atoms with E-state index in [1.165, 1.54) is 0 Å². The van der Waals surface area contributed by atoms with Crippen molar-refractivity contribution in [2.24, 2.45) is 5.73 Å². The molecule has 2 rings (SSSR count).